The van der Waals surface area contributed by atoms with Crippen molar-refractivity contribution < 1.29 is 17.6 Å². The van der Waals surface area contributed by atoms with Crippen molar-refractivity contribution in [3.05, 3.63) is 70.3 Å². The molecule has 7 aliphatic rings. The molecular formula is C52H76FNO3S. The molecule has 8 atom stereocenters. The van der Waals surface area contributed by atoms with Crippen molar-refractivity contribution in [2.24, 2.45) is 56.2 Å². The zero-order valence-electron chi connectivity index (χ0n) is 37.4. The van der Waals surface area contributed by atoms with Gasteiger partial charge in [-0.2, -0.15) is 0 Å². The van der Waals surface area contributed by atoms with Crippen molar-refractivity contribution in [1.29, 1.82) is 0 Å². The molecule has 4 nitrogen and oxygen atoms in total. The molecule has 6 aliphatic carbocycles. The van der Waals surface area contributed by atoms with E-state index in [0.717, 1.165) is 77.2 Å². The highest BCUT2D eigenvalue weighted by atomic mass is 32.2. The highest BCUT2D eigenvalue weighted by Gasteiger charge is 2.69. The number of alkyl halides is 1. The van der Waals surface area contributed by atoms with Crippen LogP contribution in [0, 0.1) is 56.2 Å². The van der Waals surface area contributed by atoms with Crippen molar-refractivity contribution in [2.75, 3.05) is 37.8 Å². The highest BCUT2D eigenvalue weighted by molar-refractivity contribution is 7.91. The molecule has 8 rings (SSSR count). The van der Waals surface area contributed by atoms with Gasteiger partial charge in [0.2, 0.25) is 0 Å². The molecule has 0 N–H and O–H groups in total. The van der Waals surface area contributed by atoms with Crippen molar-refractivity contribution in [3.63, 3.8) is 0 Å². The maximum Gasteiger partial charge on any atom is 0.159 e. The van der Waals surface area contributed by atoms with Crippen LogP contribution in [0.25, 0.3) is 0 Å². The fourth-order valence-corrected chi connectivity index (χ4v) is 17.0. The Morgan fingerprint density at radius 1 is 0.828 bits per heavy atom. The first-order valence-corrected chi connectivity index (χ1v) is 25.5. The van der Waals surface area contributed by atoms with Gasteiger partial charge in [-0.25, -0.2) is 8.42 Å². The molecule has 0 aromatic heterocycles. The lowest BCUT2D eigenvalue weighted by Gasteiger charge is -2.71. The van der Waals surface area contributed by atoms with Crippen LogP contribution >= 0.6 is 0 Å². The largest absolute Gasteiger partial charge is 0.301 e. The lowest BCUT2D eigenvalue weighted by atomic mass is 9.33. The number of allylic oxidation sites excluding steroid dienone is 6. The van der Waals surface area contributed by atoms with Gasteiger partial charge in [-0.3, -0.25) is 9.18 Å². The van der Waals surface area contributed by atoms with Gasteiger partial charge in [0.1, 0.15) is 0 Å². The van der Waals surface area contributed by atoms with Crippen molar-refractivity contribution in [3.8, 4) is 0 Å². The first-order chi connectivity index (χ1) is 27.4. The van der Waals surface area contributed by atoms with Crippen LogP contribution in [0.1, 0.15) is 150 Å². The predicted octanol–water partition coefficient (Wildman–Crippen LogP) is 12.1. The van der Waals surface area contributed by atoms with E-state index in [-0.39, 0.29) is 45.1 Å². The van der Waals surface area contributed by atoms with E-state index in [1.54, 1.807) is 11.1 Å². The van der Waals surface area contributed by atoms with E-state index in [4.69, 9.17) is 0 Å². The Morgan fingerprint density at radius 3 is 2.24 bits per heavy atom. The summed E-state index contributed by atoms with van der Waals surface area (Å²) in [6.45, 7) is 19.8. The van der Waals surface area contributed by atoms with E-state index >= 15 is 0 Å². The minimum absolute atomic E-state index is 0.0311. The van der Waals surface area contributed by atoms with Gasteiger partial charge in [0.05, 0.1) is 18.2 Å². The monoisotopic (exact) mass is 814 g/mol. The van der Waals surface area contributed by atoms with Crippen LogP contribution in [-0.4, -0.2) is 56.9 Å². The quantitative estimate of drug-likeness (QED) is 0.209. The van der Waals surface area contributed by atoms with Crippen molar-refractivity contribution >= 4 is 15.6 Å². The molecule has 0 radical (unpaired) electrons. The minimum atomic E-state index is -2.85. The zero-order chi connectivity index (χ0) is 41.4. The summed E-state index contributed by atoms with van der Waals surface area (Å²) in [4.78, 5) is 16.5. The minimum Gasteiger partial charge on any atom is -0.301 e. The molecule has 1 saturated heterocycles. The molecule has 58 heavy (non-hydrogen) atoms. The summed E-state index contributed by atoms with van der Waals surface area (Å²) in [5.74, 6) is 3.08. The van der Waals surface area contributed by atoms with Gasteiger partial charge in [0.15, 0.2) is 15.6 Å². The second-order valence-corrected chi connectivity index (χ2v) is 24.9. The number of ketones is 1. The Kier molecular flexibility index (Phi) is 11.3. The summed E-state index contributed by atoms with van der Waals surface area (Å²) in [5, 5.41) is 0. The Labute approximate surface area is 352 Å². The third-order valence-corrected chi connectivity index (χ3v) is 20.6. The van der Waals surface area contributed by atoms with Gasteiger partial charge < -0.3 is 4.90 Å². The molecular weight excluding hydrogens is 738 g/mol. The first kappa shape index (κ1) is 42.6. The van der Waals surface area contributed by atoms with Gasteiger partial charge >= 0.3 is 0 Å². The molecule has 0 amide bonds. The number of sulfone groups is 1. The van der Waals surface area contributed by atoms with Gasteiger partial charge in [-0.15, -0.1) is 0 Å². The number of unbranched alkanes of at least 4 members (excludes halogenated alkanes) is 2. The van der Waals surface area contributed by atoms with Crippen LogP contribution in [0.2, 0.25) is 0 Å². The number of carbonyl (C=O) groups is 1. The van der Waals surface area contributed by atoms with E-state index in [9.17, 15) is 17.6 Å². The maximum atomic E-state index is 14.8. The molecule has 1 aliphatic heterocycles. The van der Waals surface area contributed by atoms with Crippen LogP contribution in [0.5, 0.6) is 0 Å². The lowest BCUT2D eigenvalue weighted by Crippen LogP contribution is -2.64. The number of benzene rings is 1. The number of rotatable bonds is 11. The molecule has 0 spiro atoms. The van der Waals surface area contributed by atoms with Gasteiger partial charge in [0, 0.05) is 24.9 Å². The average Bonchev–Trinajstić information content (AvgIpc) is 3.48. The molecule has 1 heterocycles. The van der Waals surface area contributed by atoms with E-state index in [0.29, 0.717) is 48.1 Å². The number of nitrogens with zero attached hydrogens (tertiary/aromatic N) is 1. The fraction of sp³-hybridized carbons (Fsp3) is 0.750. The van der Waals surface area contributed by atoms with E-state index in [1.807, 2.05) is 0 Å². The van der Waals surface area contributed by atoms with Gasteiger partial charge in [-0.1, -0.05) is 109 Å². The van der Waals surface area contributed by atoms with Crippen molar-refractivity contribution in [1.82, 2.24) is 4.90 Å². The lowest BCUT2D eigenvalue weighted by molar-refractivity contribution is -0.199. The molecule has 4 fully saturated rings. The summed E-state index contributed by atoms with van der Waals surface area (Å²) in [6, 6.07) is 10.5. The SMILES string of the molecule is CC(C)C1=C2[C@H]3CC[C@@H]4[C@@]5(C)CC=C(C6=CC[C@](CF)(Cc7ccccc7)CC6)C(C)(C)[C@@H]5CC[C@@]4(C)[C@]3(C)CC[C@@]2(CCCCCN2CCS(=O)(=O)CC2)CC1=O. The van der Waals surface area contributed by atoms with Crippen LogP contribution in [-0.2, 0) is 21.1 Å². The number of fused-ring (bicyclic) bond motifs is 7. The number of carbonyl (C=O) groups excluding carboxylic acids is 1. The molecule has 1 aromatic rings. The number of halogens is 1. The second kappa shape index (κ2) is 15.4. The molecule has 320 valence electrons. The average molecular weight is 814 g/mol. The summed E-state index contributed by atoms with van der Waals surface area (Å²) in [6.07, 6.45) is 22.4. The summed E-state index contributed by atoms with van der Waals surface area (Å²) < 4.78 is 38.7. The molecule has 1 aromatic carbocycles. The Hall–Kier alpha value is -2.05. The summed E-state index contributed by atoms with van der Waals surface area (Å²) in [5.41, 5.74) is 7.58. The summed E-state index contributed by atoms with van der Waals surface area (Å²) in [7, 11) is -2.85. The molecule has 6 heteroatoms. The molecule has 0 bridgehead atoms. The predicted molar refractivity (Wildman–Crippen MR) is 237 cm³/mol. The third kappa shape index (κ3) is 7.00. The normalized spacial score (nSPS) is 39.7. The smallest absolute Gasteiger partial charge is 0.159 e. The van der Waals surface area contributed by atoms with Gasteiger partial charge in [0.25, 0.3) is 0 Å². The van der Waals surface area contributed by atoms with E-state index in [2.05, 4.69) is 95.8 Å². The Bertz CT molecular complexity index is 1930. The van der Waals surface area contributed by atoms with Crippen LogP contribution in [0.15, 0.2) is 64.8 Å². The fourth-order valence-electron chi connectivity index (χ4n) is 15.7. The second-order valence-electron chi connectivity index (χ2n) is 22.6. The van der Waals surface area contributed by atoms with Crippen molar-refractivity contribution in [2.45, 2.75) is 151 Å². The number of hydrogen-bond acceptors (Lipinski definition) is 4. The zero-order valence-corrected chi connectivity index (χ0v) is 38.2. The topological polar surface area (TPSA) is 54.5 Å². The van der Waals surface area contributed by atoms with Crippen LogP contribution in [0.3, 0.4) is 0 Å². The standard InChI is InChI=1S/C52H76FNO3S/c1-37(2)45-42(55)35-52(22-12-9-13-29-54-30-32-58(56,57)33-31-54)28-27-49(6)41(46(45)52)16-17-44-48(5)23-20-40(47(3,4)43(48)21-24-50(44,49)7)39-18-25-51(36-53,26-19-39)34-38-14-10-8-11-15-38/h8,10-11,14-15,18,20,37,41,43-44H,9,12-13,16-17,19,21-36H2,1-7H3/t41-,43+,44-,48+,49-,50-,51-,52+/m1/s1. The van der Waals surface area contributed by atoms with Crippen LogP contribution < -0.4 is 0 Å². The first-order valence-electron chi connectivity index (χ1n) is 23.6. The summed E-state index contributed by atoms with van der Waals surface area (Å²) >= 11 is 0. The highest BCUT2D eigenvalue weighted by Crippen LogP contribution is 2.77. The Balaban J connectivity index is 1.00. The Morgan fingerprint density at radius 2 is 1.57 bits per heavy atom. The van der Waals surface area contributed by atoms with Gasteiger partial charge in [-0.05, 0) is 163 Å². The van der Waals surface area contributed by atoms with E-state index in [1.165, 1.54) is 48.8 Å². The van der Waals surface area contributed by atoms with Crippen LogP contribution in [0.4, 0.5) is 4.39 Å². The third-order valence-electron chi connectivity index (χ3n) is 19.0. The molecule has 3 saturated carbocycles. The molecule has 0 unspecified atom stereocenters. The number of hydrogen-bond donors (Lipinski definition) is 0. The maximum absolute atomic E-state index is 14.8. The number of Topliss-reactive ketones (excluding diaryl/α,β-unsaturated/α-hetero) is 1. The van der Waals surface area contributed by atoms with E-state index < -0.39 is 9.84 Å².